The molecule has 6 nitrogen and oxygen atoms in total. The van der Waals surface area contributed by atoms with E-state index in [-0.39, 0.29) is 24.1 Å². The van der Waals surface area contributed by atoms with Crippen molar-refractivity contribution in [2.75, 3.05) is 28.2 Å². The third-order valence-corrected chi connectivity index (χ3v) is 5.84. The number of anilines is 3. The second kappa shape index (κ2) is 9.69. The van der Waals surface area contributed by atoms with Gasteiger partial charge in [-0.25, -0.2) is 0 Å². The highest BCUT2D eigenvalue weighted by molar-refractivity contribution is 6.07. The zero-order valence-electron chi connectivity index (χ0n) is 18.8. The van der Waals surface area contributed by atoms with E-state index in [1.54, 1.807) is 34.1 Å². The molecule has 4 rings (SSSR count). The van der Waals surface area contributed by atoms with Gasteiger partial charge in [0.15, 0.2) is 0 Å². The SMILES string of the molecule is CCN(C(=O)c1ccc(NC(=O)C2CC(=O)N(c3ccccc3)C2)cc1)c1cccc(C)c1. The van der Waals surface area contributed by atoms with Gasteiger partial charge in [-0.2, -0.15) is 0 Å². The first-order chi connectivity index (χ1) is 16.0. The summed E-state index contributed by atoms with van der Waals surface area (Å²) in [6.45, 7) is 4.84. The van der Waals surface area contributed by atoms with Crippen LogP contribution in [0.5, 0.6) is 0 Å². The van der Waals surface area contributed by atoms with Crippen molar-refractivity contribution in [3.8, 4) is 0 Å². The number of hydrogen-bond acceptors (Lipinski definition) is 3. The van der Waals surface area contributed by atoms with E-state index in [1.165, 1.54) is 0 Å². The molecule has 1 saturated heterocycles. The first-order valence-electron chi connectivity index (χ1n) is 11.1. The van der Waals surface area contributed by atoms with E-state index >= 15 is 0 Å². The van der Waals surface area contributed by atoms with Crippen LogP contribution in [-0.2, 0) is 9.59 Å². The third kappa shape index (κ3) is 4.95. The van der Waals surface area contributed by atoms with Crippen molar-refractivity contribution in [3.63, 3.8) is 0 Å². The molecule has 33 heavy (non-hydrogen) atoms. The van der Waals surface area contributed by atoms with Crippen LogP contribution in [0.1, 0.15) is 29.3 Å². The molecule has 1 aliphatic heterocycles. The van der Waals surface area contributed by atoms with Crippen molar-refractivity contribution >= 4 is 34.8 Å². The molecule has 1 aliphatic rings. The molecule has 0 saturated carbocycles. The summed E-state index contributed by atoms with van der Waals surface area (Å²) in [4.78, 5) is 41.6. The summed E-state index contributed by atoms with van der Waals surface area (Å²) in [7, 11) is 0. The largest absolute Gasteiger partial charge is 0.326 e. The Kier molecular flexibility index (Phi) is 6.54. The Bertz CT molecular complexity index is 1160. The Morgan fingerprint density at radius 2 is 1.73 bits per heavy atom. The monoisotopic (exact) mass is 441 g/mol. The summed E-state index contributed by atoms with van der Waals surface area (Å²) in [6.07, 6.45) is 0.180. The Morgan fingerprint density at radius 1 is 1.00 bits per heavy atom. The maximum absolute atomic E-state index is 13.0. The molecule has 0 spiro atoms. The minimum atomic E-state index is -0.420. The number of rotatable bonds is 6. The molecule has 1 fully saturated rings. The summed E-state index contributed by atoms with van der Waals surface area (Å²) in [5.74, 6) is -0.773. The molecular weight excluding hydrogens is 414 g/mol. The lowest BCUT2D eigenvalue weighted by Gasteiger charge is -2.21. The van der Waals surface area contributed by atoms with Crippen LogP contribution >= 0.6 is 0 Å². The fraction of sp³-hybridized carbons (Fsp3) is 0.222. The Labute approximate surface area is 193 Å². The van der Waals surface area contributed by atoms with Crippen LogP contribution < -0.4 is 15.1 Å². The van der Waals surface area contributed by atoms with Crippen molar-refractivity contribution < 1.29 is 14.4 Å². The second-order valence-electron chi connectivity index (χ2n) is 8.20. The van der Waals surface area contributed by atoms with Crippen LogP contribution in [0.25, 0.3) is 0 Å². The summed E-state index contributed by atoms with van der Waals surface area (Å²) in [5, 5.41) is 2.88. The fourth-order valence-corrected chi connectivity index (χ4v) is 4.08. The fourth-order valence-electron chi connectivity index (χ4n) is 4.08. The van der Waals surface area contributed by atoms with E-state index in [0.29, 0.717) is 24.3 Å². The molecule has 0 aromatic heterocycles. The molecule has 1 atom stereocenters. The molecule has 6 heteroatoms. The number of amides is 3. The highest BCUT2D eigenvalue weighted by Crippen LogP contribution is 2.26. The van der Waals surface area contributed by atoms with Crippen LogP contribution in [0.2, 0.25) is 0 Å². The maximum atomic E-state index is 13.0. The van der Waals surface area contributed by atoms with Gasteiger partial charge in [0, 0.05) is 42.1 Å². The molecule has 168 valence electrons. The molecular formula is C27H27N3O3. The summed E-state index contributed by atoms with van der Waals surface area (Å²) < 4.78 is 0. The van der Waals surface area contributed by atoms with E-state index in [1.807, 2.05) is 68.4 Å². The van der Waals surface area contributed by atoms with Crippen molar-refractivity contribution in [1.29, 1.82) is 0 Å². The number of nitrogens with one attached hydrogen (secondary N) is 1. The molecule has 3 amide bonds. The maximum Gasteiger partial charge on any atom is 0.258 e. The first-order valence-corrected chi connectivity index (χ1v) is 11.1. The number of nitrogens with zero attached hydrogens (tertiary/aromatic N) is 2. The topological polar surface area (TPSA) is 69.7 Å². The van der Waals surface area contributed by atoms with Crippen molar-refractivity contribution in [3.05, 3.63) is 90.0 Å². The lowest BCUT2D eigenvalue weighted by atomic mass is 10.1. The minimum Gasteiger partial charge on any atom is -0.326 e. The number of benzene rings is 3. The van der Waals surface area contributed by atoms with E-state index in [9.17, 15) is 14.4 Å². The Morgan fingerprint density at radius 3 is 2.39 bits per heavy atom. The predicted molar refractivity (Wildman–Crippen MR) is 131 cm³/mol. The van der Waals surface area contributed by atoms with Gasteiger partial charge in [-0.15, -0.1) is 0 Å². The van der Waals surface area contributed by atoms with E-state index in [4.69, 9.17) is 0 Å². The van der Waals surface area contributed by atoms with Gasteiger partial charge >= 0.3 is 0 Å². The molecule has 0 aliphatic carbocycles. The van der Waals surface area contributed by atoms with E-state index < -0.39 is 5.92 Å². The lowest BCUT2D eigenvalue weighted by Crippen LogP contribution is -2.30. The second-order valence-corrected chi connectivity index (χ2v) is 8.20. The van der Waals surface area contributed by atoms with Gasteiger partial charge < -0.3 is 15.1 Å². The van der Waals surface area contributed by atoms with Gasteiger partial charge in [-0.05, 0) is 67.9 Å². The molecule has 3 aromatic rings. The molecule has 1 N–H and O–H groups in total. The summed E-state index contributed by atoms with van der Waals surface area (Å²) in [5.41, 5.74) is 3.89. The van der Waals surface area contributed by atoms with Crippen molar-refractivity contribution in [2.24, 2.45) is 5.92 Å². The number of aryl methyl sites for hydroxylation is 1. The number of carbonyl (C=O) groups is 3. The highest BCUT2D eigenvalue weighted by Gasteiger charge is 2.35. The Balaban J connectivity index is 1.41. The van der Waals surface area contributed by atoms with Gasteiger partial charge in [0.1, 0.15) is 0 Å². The highest BCUT2D eigenvalue weighted by atomic mass is 16.2. The minimum absolute atomic E-state index is 0.0573. The van der Waals surface area contributed by atoms with Crippen molar-refractivity contribution in [1.82, 2.24) is 0 Å². The zero-order chi connectivity index (χ0) is 23.4. The molecule has 1 heterocycles. The average Bonchev–Trinajstić information content (AvgIpc) is 3.22. The summed E-state index contributed by atoms with van der Waals surface area (Å²) >= 11 is 0. The van der Waals surface area contributed by atoms with Crippen LogP contribution in [-0.4, -0.2) is 30.8 Å². The number of carbonyl (C=O) groups excluding carboxylic acids is 3. The van der Waals surface area contributed by atoms with Gasteiger partial charge in [0.25, 0.3) is 5.91 Å². The Hall–Kier alpha value is -3.93. The lowest BCUT2D eigenvalue weighted by molar-refractivity contribution is -0.122. The smallest absolute Gasteiger partial charge is 0.258 e. The normalized spacial score (nSPS) is 15.4. The number of hydrogen-bond donors (Lipinski definition) is 1. The van der Waals surface area contributed by atoms with Crippen LogP contribution in [0.3, 0.4) is 0 Å². The van der Waals surface area contributed by atoms with E-state index in [0.717, 1.165) is 16.9 Å². The summed E-state index contributed by atoms with van der Waals surface area (Å²) in [6, 6.07) is 24.1. The van der Waals surface area contributed by atoms with Crippen LogP contribution in [0, 0.1) is 12.8 Å². The quantitative estimate of drug-likeness (QED) is 0.605. The van der Waals surface area contributed by atoms with Crippen LogP contribution in [0.4, 0.5) is 17.1 Å². The number of para-hydroxylation sites is 1. The third-order valence-electron chi connectivity index (χ3n) is 5.84. The molecule has 0 radical (unpaired) electrons. The van der Waals surface area contributed by atoms with Gasteiger partial charge in [-0.1, -0.05) is 30.3 Å². The first kappa shape index (κ1) is 22.3. The zero-order valence-corrected chi connectivity index (χ0v) is 18.8. The van der Waals surface area contributed by atoms with E-state index in [2.05, 4.69) is 5.32 Å². The predicted octanol–water partition coefficient (Wildman–Crippen LogP) is 4.65. The molecule has 1 unspecified atom stereocenters. The van der Waals surface area contributed by atoms with Gasteiger partial charge in [0.2, 0.25) is 11.8 Å². The van der Waals surface area contributed by atoms with Gasteiger partial charge in [0.05, 0.1) is 5.92 Å². The standard InChI is InChI=1S/C27H27N3O3/c1-3-29(24-11-7-8-19(2)16-24)27(33)20-12-14-22(15-13-20)28-26(32)21-17-25(31)30(18-21)23-9-5-4-6-10-23/h4-16,21H,3,17-18H2,1-2H3,(H,28,32). The van der Waals surface area contributed by atoms with Gasteiger partial charge in [-0.3, -0.25) is 14.4 Å². The molecule has 0 bridgehead atoms. The van der Waals surface area contributed by atoms with Crippen LogP contribution in [0.15, 0.2) is 78.9 Å². The average molecular weight is 442 g/mol. The van der Waals surface area contributed by atoms with Crippen molar-refractivity contribution in [2.45, 2.75) is 20.3 Å². The molecule has 3 aromatic carbocycles.